The van der Waals surface area contributed by atoms with Gasteiger partial charge in [0.15, 0.2) is 0 Å². The topological polar surface area (TPSA) is 34.1 Å². The van der Waals surface area contributed by atoms with E-state index in [1.165, 1.54) is 0 Å². The molecule has 0 saturated carbocycles. The molecular weight excluding hydrogens is 212 g/mol. The minimum Gasteiger partial charge on any atom is -0.477 e. The van der Waals surface area contributed by atoms with Gasteiger partial charge < -0.3 is 10.1 Å². The molecular formula is C14H22N2O. The summed E-state index contributed by atoms with van der Waals surface area (Å²) in [5.74, 6) is 0.714. The maximum absolute atomic E-state index is 5.62. The van der Waals surface area contributed by atoms with Crippen LogP contribution in [0, 0.1) is 0 Å². The molecule has 1 aromatic heterocycles. The molecule has 17 heavy (non-hydrogen) atoms. The largest absolute Gasteiger partial charge is 0.477 e. The fourth-order valence-corrected chi connectivity index (χ4v) is 1.29. The first-order valence-corrected chi connectivity index (χ1v) is 5.95. The van der Waals surface area contributed by atoms with Crippen molar-refractivity contribution >= 4 is 0 Å². The molecule has 1 rings (SSSR count). The third kappa shape index (κ3) is 5.50. The summed E-state index contributed by atoms with van der Waals surface area (Å²) in [5.41, 5.74) is 1.18. The minimum atomic E-state index is 0.0915. The number of hydrogen-bond donors (Lipinski definition) is 1. The van der Waals surface area contributed by atoms with Gasteiger partial charge in [0.1, 0.15) is 0 Å². The molecule has 0 aliphatic rings. The predicted octanol–water partition coefficient (Wildman–Crippen LogP) is 2.92. The molecule has 0 radical (unpaired) electrons. The van der Waals surface area contributed by atoms with Crippen LogP contribution in [-0.2, 0) is 6.54 Å². The Morgan fingerprint density at radius 3 is 2.88 bits per heavy atom. The first-order chi connectivity index (χ1) is 8.03. The molecule has 1 aromatic rings. The van der Waals surface area contributed by atoms with Crippen LogP contribution in [-0.4, -0.2) is 17.1 Å². The van der Waals surface area contributed by atoms with Gasteiger partial charge in [0.2, 0.25) is 5.88 Å². The molecule has 3 heteroatoms. The summed E-state index contributed by atoms with van der Waals surface area (Å²) in [6, 6.07) is 3.97. The highest BCUT2D eigenvalue weighted by atomic mass is 16.5. The van der Waals surface area contributed by atoms with Crippen LogP contribution in [0.2, 0.25) is 0 Å². The molecule has 3 nitrogen and oxygen atoms in total. The highest BCUT2D eigenvalue weighted by Crippen LogP contribution is 2.15. The second kappa shape index (κ2) is 6.40. The molecule has 0 aromatic carbocycles. The van der Waals surface area contributed by atoms with E-state index in [0.717, 1.165) is 18.5 Å². The van der Waals surface area contributed by atoms with E-state index in [2.05, 4.69) is 37.7 Å². The molecule has 1 heterocycles. The van der Waals surface area contributed by atoms with Gasteiger partial charge in [-0.15, -0.1) is 6.58 Å². The Bertz CT molecular complexity index is 355. The van der Waals surface area contributed by atoms with Crippen molar-refractivity contribution in [3.8, 4) is 5.88 Å². The lowest BCUT2D eigenvalue weighted by molar-refractivity contribution is 0.305. The first-order valence-electron chi connectivity index (χ1n) is 5.95. The lowest BCUT2D eigenvalue weighted by Gasteiger charge is -2.21. The first kappa shape index (κ1) is 13.7. The van der Waals surface area contributed by atoms with Gasteiger partial charge in [-0.1, -0.05) is 12.1 Å². The van der Waals surface area contributed by atoms with Crippen LogP contribution in [0.4, 0.5) is 0 Å². The monoisotopic (exact) mass is 234 g/mol. The fraction of sp³-hybridized carbons (Fsp3) is 0.500. The third-order valence-electron chi connectivity index (χ3n) is 2.22. The van der Waals surface area contributed by atoms with Crippen molar-refractivity contribution in [2.45, 2.75) is 39.3 Å². The highest BCUT2D eigenvalue weighted by Gasteiger charge is 2.11. The lowest BCUT2D eigenvalue weighted by Crippen LogP contribution is -2.35. The van der Waals surface area contributed by atoms with Crippen LogP contribution < -0.4 is 10.1 Å². The van der Waals surface area contributed by atoms with Gasteiger partial charge in [-0.3, -0.25) is 0 Å². The van der Waals surface area contributed by atoms with Crippen molar-refractivity contribution in [1.82, 2.24) is 10.3 Å². The maximum Gasteiger partial charge on any atom is 0.217 e. The molecule has 0 aliphatic carbocycles. The number of rotatable bonds is 6. The van der Waals surface area contributed by atoms with E-state index in [4.69, 9.17) is 4.74 Å². The van der Waals surface area contributed by atoms with Crippen molar-refractivity contribution in [3.05, 3.63) is 36.5 Å². The Morgan fingerprint density at radius 1 is 1.47 bits per heavy atom. The summed E-state index contributed by atoms with van der Waals surface area (Å²) in [6.45, 7) is 11.5. The quantitative estimate of drug-likeness (QED) is 0.607. The SMILES string of the molecule is C=CCCOc1ncccc1CNC(C)(C)C. The van der Waals surface area contributed by atoms with Gasteiger partial charge in [0.05, 0.1) is 6.61 Å². The standard InChI is InChI=1S/C14H22N2O/c1-5-6-10-17-13-12(8-7-9-15-13)11-16-14(2,3)4/h5,7-9,16H,1,6,10-11H2,2-4H3. The van der Waals surface area contributed by atoms with Gasteiger partial charge in [-0.05, 0) is 33.3 Å². The molecule has 0 atom stereocenters. The van der Waals surface area contributed by atoms with Gasteiger partial charge in [0.25, 0.3) is 0 Å². The van der Waals surface area contributed by atoms with Crippen LogP contribution in [0.15, 0.2) is 31.0 Å². The summed E-state index contributed by atoms with van der Waals surface area (Å²) in [7, 11) is 0. The van der Waals surface area contributed by atoms with E-state index < -0.39 is 0 Å². The fourth-order valence-electron chi connectivity index (χ4n) is 1.29. The van der Waals surface area contributed by atoms with E-state index >= 15 is 0 Å². The average Bonchev–Trinajstić information content (AvgIpc) is 2.27. The van der Waals surface area contributed by atoms with Crippen molar-refractivity contribution in [2.24, 2.45) is 0 Å². The van der Waals surface area contributed by atoms with Gasteiger partial charge in [-0.2, -0.15) is 0 Å². The summed E-state index contributed by atoms with van der Waals surface area (Å²) in [4.78, 5) is 4.25. The smallest absolute Gasteiger partial charge is 0.217 e. The average molecular weight is 234 g/mol. The van der Waals surface area contributed by atoms with Crippen LogP contribution in [0.25, 0.3) is 0 Å². The second-order valence-corrected chi connectivity index (χ2v) is 5.00. The van der Waals surface area contributed by atoms with Crippen molar-refractivity contribution < 1.29 is 4.74 Å². The zero-order chi connectivity index (χ0) is 12.7. The zero-order valence-electron chi connectivity index (χ0n) is 11.0. The third-order valence-corrected chi connectivity index (χ3v) is 2.22. The number of aromatic nitrogens is 1. The molecule has 1 N–H and O–H groups in total. The second-order valence-electron chi connectivity index (χ2n) is 5.00. The Labute approximate surface area is 104 Å². The van der Waals surface area contributed by atoms with Crippen molar-refractivity contribution in [1.29, 1.82) is 0 Å². The molecule has 0 saturated heterocycles. The predicted molar refractivity (Wildman–Crippen MR) is 71.1 cm³/mol. The van der Waals surface area contributed by atoms with E-state index in [9.17, 15) is 0 Å². The number of pyridine rings is 1. The van der Waals surface area contributed by atoms with Crippen molar-refractivity contribution in [3.63, 3.8) is 0 Å². The summed E-state index contributed by atoms with van der Waals surface area (Å²) >= 11 is 0. The number of nitrogens with zero attached hydrogens (tertiary/aromatic N) is 1. The molecule has 94 valence electrons. The Kier molecular flexibility index (Phi) is 5.16. The van der Waals surface area contributed by atoms with E-state index in [-0.39, 0.29) is 5.54 Å². The van der Waals surface area contributed by atoms with Crippen LogP contribution in [0.5, 0.6) is 5.88 Å². The van der Waals surface area contributed by atoms with Crippen LogP contribution >= 0.6 is 0 Å². The maximum atomic E-state index is 5.62. The van der Waals surface area contributed by atoms with Crippen LogP contribution in [0.3, 0.4) is 0 Å². The van der Waals surface area contributed by atoms with E-state index in [0.29, 0.717) is 12.5 Å². The minimum absolute atomic E-state index is 0.0915. The normalized spacial score (nSPS) is 11.2. The van der Waals surface area contributed by atoms with Gasteiger partial charge in [-0.25, -0.2) is 4.98 Å². The molecule has 0 spiro atoms. The summed E-state index contributed by atoms with van der Waals surface area (Å²) in [5, 5.41) is 3.43. The molecule has 0 bridgehead atoms. The number of ether oxygens (including phenoxy) is 1. The summed E-state index contributed by atoms with van der Waals surface area (Å²) < 4.78 is 5.62. The van der Waals surface area contributed by atoms with E-state index in [1.807, 2.05) is 18.2 Å². The van der Waals surface area contributed by atoms with Gasteiger partial charge >= 0.3 is 0 Å². The highest BCUT2D eigenvalue weighted by molar-refractivity contribution is 5.25. The molecule has 0 aliphatic heterocycles. The molecule has 0 unspecified atom stereocenters. The van der Waals surface area contributed by atoms with E-state index in [1.54, 1.807) is 6.20 Å². The van der Waals surface area contributed by atoms with Crippen molar-refractivity contribution in [2.75, 3.05) is 6.61 Å². The molecule has 0 amide bonds. The number of nitrogens with one attached hydrogen (secondary N) is 1. The van der Waals surface area contributed by atoms with Crippen LogP contribution in [0.1, 0.15) is 32.8 Å². The Morgan fingerprint density at radius 2 is 2.24 bits per heavy atom. The summed E-state index contributed by atoms with van der Waals surface area (Å²) in [6.07, 6.45) is 4.43. The molecule has 0 fully saturated rings. The zero-order valence-corrected chi connectivity index (χ0v) is 11.0. The van der Waals surface area contributed by atoms with Gasteiger partial charge in [0, 0.05) is 23.8 Å². The lowest BCUT2D eigenvalue weighted by atomic mass is 10.1. The number of hydrogen-bond acceptors (Lipinski definition) is 3. The Balaban J connectivity index is 2.60. The Hall–Kier alpha value is -1.35.